The van der Waals surface area contributed by atoms with Crippen LogP contribution in [0.25, 0.3) is 0 Å². The van der Waals surface area contributed by atoms with Crippen molar-refractivity contribution >= 4 is 68.9 Å². The van der Waals surface area contributed by atoms with E-state index >= 15 is 0 Å². The molecule has 678 valence electrons. The van der Waals surface area contributed by atoms with Crippen LogP contribution in [0, 0.1) is 60.7 Å². The molecule has 0 radical (unpaired) electrons. The SMILES string of the molecule is O=C(CN1CCN(Cc2cccc([N+](=O)[O-])c2)CCN(Cc2cccc([N+](=O)[O-])c2)CC1)Nc1cccc(CN2CCN(Cc3cccc(NC(=O)CN4CCN(Cc5cccc([N+](=O)[O-])c5)CCN(Cc5cccc([N+](=O)[O-])c5)CC4)c3)CCN(Cc3cccc(NC(=O)CN4CCN(Cc5cccc([N+](=O)[O-])c5)CCN(Cc5cccc([N+](=O)[O-])c5)CC4)c3)CC2)c1. The molecule has 3 amide bonds. The van der Waals surface area contributed by atoms with Crippen molar-refractivity contribution in [2.45, 2.75) is 58.9 Å². The smallest absolute Gasteiger partial charge is 0.269 e. The van der Waals surface area contributed by atoms with Gasteiger partial charge in [0.2, 0.25) is 17.7 Å². The van der Waals surface area contributed by atoms with Gasteiger partial charge in [-0.2, -0.15) is 0 Å². The number of hydrogen-bond acceptors (Lipinski definition) is 27. The molecule has 0 saturated carbocycles. The number of nitro groups is 6. The Kier molecular flexibility index (Phi) is 34.1. The highest BCUT2D eigenvalue weighted by atomic mass is 16.6. The van der Waals surface area contributed by atoms with Crippen LogP contribution in [-0.2, 0) is 73.3 Å². The fourth-order valence-corrected chi connectivity index (χ4v) is 17.0. The van der Waals surface area contributed by atoms with Crippen LogP contribution in [-0.4, -0.2) is 283 Å². The Balaban J connectivity index is 0.691. The minimum atomic E-state index is -0.408. The molecule has 0 atom stereocenters. The number of amides is 3. The molecule has 9 aromatic carbocycles. The summed E-state index contributed by atoms with van der Waals surface area (Å²) >= 11 is 0. The summed E-state index contributed by atoms with van der Waals surface area (Å²) < 4.78 is 0. The van der Waals surface area contributed by atoms with Gasteiger partial charge in [-0.3, -0.25) is 134 Å². The highest BCUT2D eigenvalue weighted by Gasteiger charge is 2.28. The summed E-state index contributed by atoms with van der Waals surface area (Å²) in [6.45, 7) is 18.8. The number of carbonyl (C=O) groups is 3. The fourth-order valence-electron chi connectivity index (χ4n) is 17.0. The van der Waals surface area contributed by atoms with Crippen molar-refractivity contribution in [3.05, 3.63) is 329 Å². The second-order valence-corrected chi connectivity index (χ2v) is 33.6. The minimum Gasteiger partial charge on any atom is -0.325 e. The Morgan fingerprint density at radius 1 is 0.202 bits per heavy atom. The van der Waals surface area contributed by atoms with Gasteiger partial charge in [0.05, 0.1) is 49.2 Å². The first kappa shape index (κ1) is 93.9. The van der Waals surface area contributed by atoms with Crippen LogP contribution in [0.2, 0.25) is 0 Å². The maximum Gasteiger partial charge on any atom is 0.269 e. The number of nitro benzene ring substituents is 6. The number of nitrogens with one attached hydrogen (secondary N) is 3. The van der Waals surface area contributed by atoms with Crippen molar-refractivity contribution in [2.24, 2.45) is 0 Å². The van der Waals surface area contributed by atoms with Gasteiger partial charge in [-0.05, 0) is 86.5 Å². The summed E-state index contributed by atoms with van der Waals surface area (Å²) in [5.74, 6) is -0.621. The quantitative estimate of drug-likeness (QED) is 0.0254. The molecule has 36 nitrogen and oxygen atoms in total. The van der Waals surface area contributed by atoms with Crippen molar-refractivity contribution in [3.8, 4) is 0 Å². The summed E-state index contributed by atoms with van der Waals surface area (Å²) in [6.07, 6.45) is 0. The van der Waals surface area contributed by atoms with Gasteiger partial charge in [-0.15, -0.1) is 0 Å². The minimum absolute atomic E-state index is 0.000311. The molecule has 36 heteroatoms. The van der Waals surface area contributed by atoms with E-state index in [-0.39, 0.29) is 71.5 Å². The van der Waals surface area contributed by atoms with Gasteiger partial charge in [0.1, 0.15) is 0 Å². The zero-order chi connectivity index (χ0) is 90.5. The number of anilines is 3. The van der Waals surface area contributed by atoms with E-state index < -0.39 is 29.5 Å². The largest absolute Gasteiger partial charge is 0.325 e. The third-order valence-corrected chi connectivity index (χ3v) is 23.9. The molecule has 3 N–H and O–H groups in total. The van der Waals surface area contributed by atoms with Gasteiger partial charge in [0.25, 0.3) is 34.1 Å². The van der Waals surface area contributed by atoms with Gasteiger partial charge >= 0.3 is 0 Å². The van der Waals surface area contributed by atoms with Crippen LogP contribution in [0.4, 0.5) is 51.2 Å². The predicted molar refractivity (Wildman–Crippen MR) is 491 cm³/mol. The lowest BCUT2D eigenvalue weighted by Gasteiger charge is -2.26. The Bertz CT molecular complexity index is 4640. The van der Waals surface area contributed by atoms with Crippen molar-refractivity contribution < 1.29 is 43.9 Å². The van der Waals surface area contributed by atoms with Gasteiger partial charge in [0.15, 0.2) is 0 Å². The first-order valence-electron chi connectivity index (χ1n) is 43.7. The summed E-state index contributed by atoms with van der Waals surface area (Å²) in [5.41, 5.74) is 9.56. The summed E-state index contributed by atoms with van der Waals surface area (Å²) in [5, 5.41) is 80.3. The average molecular weight is 1760 g/mol. The Morgan fingerprint density at radius 3 is 0.481 bits per heavy atom. The molecule has 0 spiro atoms. The number of carbonyl (C=O) groups excluding carboxylic acids is 3. The molecule has 4 aliphatic heterocycles. The fraction of sp³-hybridized carbons (Fsp3) is 0.387. The van der Waals surface area contributed by atoms with Crippen LogP contribution in [0.15, 0.2) is 218 Å². The lowest BCUT2D eigenvalue weighted by molar-refractivity contribution is -0.385. The second-order valence-electron chi connectivity index (χ2n) is 33.6. The van der Waals surface area contributed by atoms with E-state index in [1.165, 1.54) is 36.4 Å². The van der Waals surface area contributed by atoms with Crippen LogP contribution in [0.3, 0.4) is 0 Å². The summed E-state index contributed by atoms with van der Waals surface area (Å²) in [7, 11) is 0. The van der Waals surface area contributed by atoms with E-state index in [0.717, 1.165) is 50.1 Å². The monoisotopic (exact) mass is 1760 g/mol. The molecule has 4 fully saturated rings. The number of hydrogen-bond donors (Lipinski definition) is 3. The summed E-state index contributed by atoms with van der Waals surface area (Å²) in [6, 6.07) is 63.2. The van der Waals surface area contributed by atoms with E-state index in [1.807, 2.05) is 91.0 Å². The molecule has 4 heterocycles. The topological polar surface area (TPSA) is 385 Å². The lowest BCUT2D eigenvalue weighted by atomic mass is 10.1. The number of non-ortho nitro benzene ring substituents is 6. The molecular formula is C93H111N21O15. The molecule has 0 aromatic heterocycles. The Labute approximate surface area is 748 Å². The molecule has 0 bridgehead atoms. The zero-order valence-electron chi connectivity index (χ0n) is 72.4. The second kappa shape index (κ2) is 46.9. The van der Waals surface area contributed by atoms with Crippen molar-refractivity contribution in [1.29, 1.82) is 0 Å². The van der Waals surface area contributed by atoms with Crippen LogP contribution in [0.1, 0.15) is 50.1 Å². The van der Waals surface area contributed by atoms with Crippen molar-refractivity contribution in [1.82, 2.24) is 58.8 Å². The molecule has 0 unspecified atom stereocenters. The van der Waals surface area contributed by atoms with Crippen molar-refractivity contribution in [2.75, 3.05) is 193 Å². The highest BCUT2D eigenvalue weighted by molar-refractivity contribution is 5.93. The molecule has 129 heavy (non-hydrogen) atoms. The van der Waals surface area contributed by atoms with E-state index in [0.29, 0.717) is 233 Å². The average Bonchev–Trinajstić information content (AvgIpc) is 1.82. The molecule has 13 rings (SSSR count). The molecular weight excluding hydrogens is 1650 g/mol. The maximum absolute atomic E-state index is 14.4. The molecule has 0 aliphatic carbocycles. The first-order chi connectivity index (χ1) is 62.4. The number of rotatable bonds is 33. The van der Waals surface area contributed by atoms with Gasteiger partial charge in [-0.25, -0.2) is 0 Å². The van der Waals surface area contributed by atoms with Gasteiger partial charge in [-0.1, -0.05) is 109 Å². The standard InChI is InChI=1S/C93H111N21O15/c115-91(70-106-46-40-100(64-76-13-4-22-85(55-76)109(118)119)34-35-101(41-47-106)65-77-14-5-23-86(56-77)110(120)121)94-82-19-1-10-73(52-82)61-97-28-30-98(62-74-11-2-20-83(53-74)95-92(116)71-107-48-42-102(66-78-15-6-24-87(57-78)111(122)123)36-37-103(43-49-107)67-79-16-7-25-88(58-79)112(124)125)32-33-99(31-29-97)63-75-12-3-21-84(54-75)96-93(117)72-108-50-44-104(68-80-17-8-26-89(59-80)113(126)127)38-39-105(45-51-108)69-81-18-9-27-90(60-81)114(128)129/h1-27,52-60H,28-51,61-72H2,(H,94,115)(H,95,116)(H,96,117). The molecule has 4 aliphatic rings. The van der Waals surface area contributed by atoms with E-state index in [1.54, 1.807) is 72.8 Å². The van der Waals surface area contributed by atoms with Crippen LogP contribution < -0.4 is 16.0 Å². The van der Waals surface area contributed by atoms with E-state index in [2.05, 4.69) is 92.9 Å². The number of nitrogens with zero attached hydrogens (tertiary/aromatic N) is 18. The number of benzene rings is 9. The van der Waals surface area contributed by atoms with Crippen LogP contribution >= 0.6 is 0 Å². The van der Waals surface area contributed by atoms with E-state index in [9.17, 15) is 75.1 Å². The Hall–Kier alpha value is -12.7. The van der Waals surface area contributed by atoms with Crippen LogP contribution in [0.5, 0.6) is 0 Å². The lowest BCUT2D eigenvalue weighted by Crippen LogP contribution is -2.40. The first-order valence-corrected chi connectivity index (χ1v) is 43.7. The maximum atomic E-state index is 14.4. The predicted octanol–water partition coefficient (Wildman–Crippen LogP) is 10.7. The third-order valence-electron chi connectivity index (χ3n) is 23.9. The van der Waals surface area contributed by atoms with E-state index in [4.69, 9.17) is 0 Å². The zero-order valence-corrected chi connectivity index (χ0v) is 72.4. The van der Waals surface area contributed by atoms with Gasteiger partial charge < -0.3 is 16.0 Å². The molecule has 9 aromatic rings. The normalized spacial score (nSPS) is 17.0. The summed E-state index contributed by atoms with van der Waals surface area (Å²) in [4.78, 5) is 138. The molecule has 4 saturated heterocycles. The van der Waals surface area contributed by atoms with Gasteiger partial charge in [0, 0.05) is 306 Å². The van der Waals surface area contributed by atoms with Crippen molar-refractivity contribution in [3.63, 3.8) is 0 Å². The third kappa shape index (κ3) is 30.2. The highest BCUT2D eigenvalue weighted by Crippen LogP contribution is 2.26. The Morgan fingerprint density at radius 2 is 0.333 bits per heavy atom.